The van der Waals surface area contributed by atoms with E-state index in [1.165, 1.54) is 28.5 Å². The number of hydrogen-bond acceptors (Lipinski definition) is 7. The van der Waals surface area contributed by atoms with E-state index in [2.05, 4.69) is 90.7 Å². The maximum absolute atomic E-state index is 11.0. The van der Waals surface area contributed by atoms with Gasteiger partial charge >= 0.3 is 0 Å². The molecular formula is C40H38N4O2S. The second-order valence-corrected chi connectivity index (χ2v) is 13.3. The molecule has 1 aliphatic carbocycles. The lowest BCUT2D eigenvalue weighted by Crippen LogP contribution is -2.41. The minimum Gasteiger partial charge on any atom is -0.472 e. The van der Waals surface area contributed by atoms with Crippen LogP contribution in [0.25, 0.3) is 0 Å². The second kappa shape index (κ2) is 13.6. The third-order valence-corrected chi connectivity index (χ3v) is 10.00. The van der Waals surface area contributed by atoms with Crippen LogP contribution in [0.3, 0.4) is 0 Å². The number of fused-ring (bicyclic) bond motifs is 3. The summed E-state index contributed by atoms with van der Waals surface area (Å²) in [6.07, 6.45) is 4.34. The van der Waals surface area contributed by atoms with Crippen molar-refractivity contribution >= 4 is 17.4 Å². The number of nitrogens with zero attached hydrogens (tertiary/aromatic N) is 4. The topological polar surface area (TPSA) is 71.3 Å². The highest BCUT2D eigenvalue weighted by atomic mass is 32.2. The fourth-order valence-electron chi connectivity index (χ4n) is 7.02. The van der Waals surface area contributed by atoms with Gasteiger partial charge in [-0.15, -0.1) is 0 Å². The summed E-state index contributed by atoms with van der Waals surface area (Å²) in [6, 6.07) is 38.1. The first kappa shape index (κ1) is 31.0. The molecule has 2 heterocycles. The summed E-state index contributed by atoms with van der Waals surface area (Å²) in [5, 5.41) is 11.7. The number of rotatable bonds is 9. The average molecular weight is 639 g/mol. The van der Waals surface area contributed by atoms with Crippen molar-refractivity contribution in [3.05, 3.63) is 148 Å². The molecule has 6 nitrogen and oxygen atoms in total. The molecule has 2 atom stereocenters. The van der Waals surface area contributed by atoms with Crippen LogP contribution in [0.2, 0.25) is 0 Å². The van der Waals surface area contributed by atoms with Gasteiger partial charge in [-0.05, 0) is 53.3 Å². The van der Waals surface area contributed by atoms with Gasteiger partial charge in [0.25, 0.3) is 0 Å². The molecule has 0 bridgehead atoms. The maximum Gasteiger partial charge on any atom is 0.223 e. The van der Waals surface area contributed by atoms with E-state index in [1.807, 2.05) is 36.6 Å². The van der Waals surface area contributed by atoms with E-state index >= 15 is 0 Å². The van der Waals surface area contributed by atoms with E-state index in [4.69, 9.17) is 19.4 Å². The average Bonchev–Trinajstić information content (AvgIpc) is 3.12. The highest BCUT2D eigenvalue weighted by molar-refractivity contribution is 7.98. The fraction of sp³-hybridized carbons (Fsp3) is 0.275. The van der Waals surface area contributed by atoms with Gasteiger partial charge in [0.05, 0.1) is 29.1 Å². The van der Waals surface area contributed by atoms with E-state index in [0.717, 1.165) is 40.9 Å². The van der Waals surface area contributed by atoms with Crippen molar-refractivity contribution in [3.8, 4) is 11.9 Å². The minimum absolute atomic E-state index is 0.315. The standard InChI is InChI=1S/C40H38N4O2S/c1-28-20-21-40(22-35-34(27-46-40)38(43-39(42-35)47-2)45-26-31-16-10-5-11-17-31)37-32(28)18-19-36(33(37)23-41)44(24-29-12-6-3-7-13-29)25-30-14-8-4-9-15-30/h3-19,28H,20-22,24-27H2,1-2H3/t28-,40-/m0/s1. The Morgan fingerprint density at radius 3 is 2.15 bits per heavy atom. The number of aromatic nitrogens is 2. The van der Waals surface area contributed by atoms with Crippen LogP contribution in [0.1, 0.15) is 70.3 Å². The summed E-state index contributed by atoms with van der Waals surface area (Å²) in [7, 11) is 0. The van der Waals surface area contributed by atoms with Crippen LogP contribution < -0.4 is 9.64 Å². The van der Waals surface area contributed by atoms with Crippen LogP contribution in [0, 0.1) is 11.3 Å². The van der Waals surface area contributed by atoms with Gasteiger partial charge in [-0.2, -0.15) is 10.2 Å². The molecule has 0 amide bonds. The Hall–Kier alpha value is -4.64. The Balaban J connectivity index is 1.30. The number of nitriles is 1. The molecule has 2 aliphatic rings. The zero-order valence-electron chi connectivity index (χ0n) is 26.9. The maximum atomic E-state index is 11.0. The summed E-state index contributed by atoms with van der Waals surface area (Å²) in [6.45, 7) is 4.38. The Morgan fingerprint density at radius 1 is 0.894 bits per heavy atom. The van der Waals surface area contributed by atoms with Crippen molar-refractivity contribution in [2.45, 2.75) is 69.2 Å². The number of benzene rings is 4. The molecule has 1 aromatic heterocycles. The Labute approximate surface area is 281 Å². The molecule has 236 valence electrons. The van der Waals surface area contributed by atoms with Gasteiger partial charge in [0.2, 0.25) is 5.88 Å². The first-order valence-electron chi connectivity index (χ1n) is 16.2. The Kier molecular flexibility index (Phi) is 8.97. The molecule has 5 aromatic rings. The highest BCUT2D eigenvalue weighted by Gasteiger charge is 2.46. The molecule has 0 saturated heterocycles. The third-order valence-electron chi connectivity index (χ3n) is 9.45. The molecule has 1 aliphatic heterocycles. The van der Waals surface area contributed by atoms with Gasteiger partial charge in [0, 0.05) is 25.1 Å². The summed E-state index contributed by atoms with van der Waals surface area (Å²) in [5.74, 6) is 0.893. The molecule has 0 saturated carbocycles. The van der Waals surface area contributed by atoms with Gasteiger partial charge in [-0.25, -0.2) is 4.98 Å². The summed E-state index contributed by atoms with van der Waals surface area (Å²) in [5.41, 5.74) is 8.49. The van der Waals surface area contributed by atoms with Crippen LogP contribution in [0.5, 0.6) is 5.88 Å². The quantitative estimate of drug-likeness (QED) is 0.118. The molecule has 0 radical (unpaired) electrons. The van der Waals surface area contributed by atoms with Gasteiger partial charge in [0.1, 0.15) is 18.3 Å². The monoisotopic (exact) mass is 638 g/mol. The number of ether oxygens (including phenoxy) is 2. The highest BCUT2D eigenvalue weighted by Crippen LogP contribution is 2.51. The first-order chi connectivity index (χ1) is 23.1. The van der Waals surface area contributed by atoms with Crippen LogP contribution >= 0.6 is 11.8 Å². The van der Waals surface area contributed by atoms with Crippen molar-refractivity contribution in [2.24, 2.45) is 0 Å². The molecule has 7 heteroatoms. The van der Waals surface area contributed by atoms with Crippen LogP contribution in [0.4, 0.5) is 5.69 Å². The van der Waals surface area contributed by atoms with Crippen LogP contribution in [0.15, 0.2) is 108 Å². The Morgan fingerprint density at radius 2 is 1.53 bits per heavy atom. The Bertz CT molecular complexity index is 1850. The number of anilines is 1. The molecule has 0 unspecified atom stereocenters. The van der Waals surface area contributed by atoms with Crippen molar-refractivity contribution < 1.29 is 9.47 Å². The van der Waals surface area contributed by atoms with Crippen molar-refractivity contribution in [3.63, 3.8) is 0 Å². The normalized spacial score (nSPS) is 18.2. The summed E-state index contributed by atoms with van der Waals surface area (Å²) in [4.78, 5) is 12.1. The van der Waals surface area contributed by atoms with Crippen molar-refractivity contribution in [1.82, 2.24) is 9.97 Å². The largest absolute Gasteiger partial charge is 0.472 e. The predicted molar refractivity (Wildman–Crippen MR) is 186 cm³/mol. The molecular weight excluding hydrogens is 601 g/mol. The first-order valence-corrected chi connectivity index (χ1v) is 17.4. The summed E-state index contributed by atoms with van der Waals surface area (Å²) >= 11 is 1.51. The van der Waals surface area contributed by atoms with Crippen molar-refractivity contribution in [1.29, 1.82) is 5.26 Å². The molecule has 0 N–H and O–H groups in total. The predicted octanol–water partition coefficient (Wildman–Crippen LogP) is 8.72. The molecule has 7 rings (SSSR count). The second-order valence-electron chi connectivity index (χ2n) is 12.5. The number of hydrogen-bond donors (Lipinski definition) is 0. The van der Waals surface area contributed by atoms with Gasteiger partial charge in [-0.3, -0.25) is 0 Å². The molecule has 0 fully saturated rings. The summed E-state index contributed by atoms with van der Waals surface area (Å²) < 4.78 is 13.3. The lowest BCUT2D eigenvalue weighted by Gasteiger charge is -2.45. The molecule has 47 heavy (non-hydrogen) atoms. The zero-order chi connectivity index (χ0) is 32.2. The van der Waals surface area contributed by atoms with E-state index in [1.54, 1.807) is 0 Å². The SMILES string of the molecule is CSc1nc2c(c(OCc3ccccc3)n1)CO[C@@]1(CC[C@H](C)c3ccc(N(Cc4ccccc4)Cc4ccccc4)c(C#N)c31)C2. The minimum atomic E-state index is -0.665. The lowest BCUT2D eigenvalue weighted by atomic mass is 9.69. The fourth-order valence-corrected chi connectivity index (χ4v) is 7.39. The van der Waals surface area contributed by atoms with E-state index < -0.39 is 5.60 Å². The molecule has 4 aromatic carbocycles. The van der Waals surface area contributed by atoms with Gasteiger partial charge in [0.15, 0.2) is 5.16 Å². The van der Waals surface area contributed by atoms with Crippen molar-refractivity contribution in [2.75, 3.05) is 11.2 Å². The lowest BCUT2D eigenvalue weighted by molar-refractivity contribution is -0.0885. The van der Waals surface area contributed by atoms with Crippen LogP contribution in [-0.4, -0.2) is 16.2 Å². The van der Waals surface area contributed by atoms with Gasteiger partial charge < -0.3 is 14.4 Å². The van der Waals surface area contributed by atoms with E-state index in [0.29, 0.717) is 55.2 Å². The van der Waals surface area contributed by atoms with E-state index in [-0.39, 0.29) is 0 Å². The third kappa shape index (κ3) is 6.36. The molecule has 1 spiro atoms. The smallest absolute Gasteiger partial charge is 0.223 e. The van der Waals surface area contributed by atoms with Gasteiger partial charge in [-0.1, -0.05) is 116 Å². The van der Waals surface area contributed by atoms with E-state index in [9.17, 15) is 5.26 Å². The number of thioether (sulfide) groups is 1. The van der Waals surface area contributed by atoms with Crippen LogP contribution in [-0.2, 0) is 43.1 Å². The zero-order valence-corrected chi connectivity index (χ0v) is 27.7.